The number of carbonyl (C=O) groups is 1. The van der Waals surface area contributed by atoms with Crippen LogP contribution in [0.2, 0.25) is 0 Å². The summed E-state index contributed by atoms with van der Waals surface area (Å²) in [6.07, 6.45) is -3.79. The van der Waals surface area contributed by atoms with Crippen molar-refractivity contribution in [1.82, 2.24) is 14.6 Å². The first-order valence-corrected chi connectivity index (χ1v) is 13.3. The molecule has 1 aliphatic heterocycles. The van der Waals surface area contributed by atoms with Crippen molar-refractivity contribution in [2.75, 3.05) is 13.7 Å². The van der Waals surface area contributed by atoms with Gasteiger partial charge in [-0.3, -0.25) is 19.2 Å². The first-order chi connectivity index (χ1) is 17.8. The SMILES string of the molecule is CCCCN(OC)[C@H](C(=O)OP(=O)(O)OC(ON=[N+]=[N-])[C@H]1O[C@@H](n2cc(C)c(=O)[nH]c2=O)C[C@@H]1O)C(C)C. The van der Waals surface area contributed by atoms with Crippen molar-refractivity contribution in [1.29, 1.82) is 0 Å². The van der Waals surface area contributed by atoms with Crippen molar-refractivity contribution in [3.63, 3.8) is 0 Å². The van der Waals surface area contributed by atoms with E-state index in [1.165, 1.54) is 25.3 Å². The second kappa shape index (κ2) is 13.9. The fourth-order valence-corrected chi connectivity index (χ4v) is 4.60. The van der Waals surface area contributed by atoms with Crippen molar-refractivity contribution in [2.24, 2.45) is 11.2 Å². The lowest BCUT2D eigenvalue weighted by molar-refractivity contribution is -0.199. The van der Waals surface area contributed by atoms with Crippen LogP contribution >= 0.6 is 7.82 Å². The molecule has 18 heteroatoms. The lowest BCUT2D eigenvalue weighted by Gasteiger charge is -2.31. The Balaban J connectivity index is 2.24. The largest absolute Gasteiger partial charge is 0.532 e. The van der Waals surface area contributed by atoms with Crippen LogP contribution in [-0.4, -0.2) is 68.8 Å². The van der Waals surface area contributed by atoms with E-state index in [0.717, 1.165) is 11.0 Å². The highest BCUT2D eigenvalue weighted by molar-refractivity contribution is 7.48. The Morgan fingerprint density at radius 1 is 1.45 bits per heavy atom. The zero-order valence-electron chi connectivity index (χ0n) is 21.6. The van der Waals surface area contributed by atoms with Crippen molar-refractivity contribution in [3.8, 4) is 0 Å². The fraction of sp³-hybridized carbons (Fsp3) is 0.750. The van der Waals surface area contributed by atoms with Gasteiger partial charge >= 0.3 is 19.5 Å². The van der Waals surface area contributed by atoms with Gasteiger partial charge in [0.05, 0.1) is 13.2 Å². The molecule has 0 spiro atoms. The third-order valence-electron chi connectivity index (χ3n) is 5.64. The Morgan fingerprint density at radius 2 is 2.13 bits per heavy atom. The average Bonchev–Trinajstić information content (AvgIpc) is 3.21. The number of hydrogen-bond donors (Lipinski definition) is 3. The zero-order valence-corrected chi connectivity index (χ0v) is 22.5. The first kappa shape index (κ1) is 31.5. The molecule has 2 unspecified atom stereocenters. The summed E-state index contributed by atoms with van der Waals surface area (Å²) in [6.45, 7) is 7.10. The summed E-state index contributed by atoms with van der Waals surface area (Å²) in [6, 6.07) is -1.07. The molecule has 1 aliphatic rings. The maximum Gasteiger partial charge on any atom is 0.532 e. The number of azide groups is 1. The molecule has 3 N–H and O–H groups in total. The molecule has 1 fully saturated rings. The van der Waals surface area contributed by atoms with E-state index < -0.39 is 61.7 Å². The Bertz CT molecular complexity index is 1170. The molecule has 2 heterocycles. The third kappa shape index (κ3) is 8.12. The van der Waals surface area contributed by atoms with Gasteiger partial charge < -0.3 is 24.0 Å². The maximum absolute atomic E-state index is 12.9. The quantitative estimate of drug-likeness (QED) is 0.0727. The number of ether oxygens (including phenoxy) is 1. The molecule has 1 saturated heterocycles. The van der Waals surface area contributed by atoms with Gasteiger partial charge in [-0.25, -0.2) is 18.7 Å². The van der Waals surface area contributed by atoms with Gasteiger partial charge in [-0.2, -0.15) is 5.06 Å². The van der Waals surface area contributed by atoms with Gasteiger partial charge in [0.2, 0.25) is 6.29 Å². The number of hydrogen-bond acceptors (Lipinski definition) is 12. The topological polar surface area (TPSA) is 228 Å². The monoisotopic (exact) mass is 564 g/mol. The molecule has 0 radical (unpaired) electrons. The number of aliphatic hydroxyl groups is 1. The van der Waals surface area contributed by atoms with Crippen LogP contribution in [0, 0.1) is 12.8 Å². The highest BCUT2D eigenvalue weighted by atomic mass is 31.2. The summed E-state index contributed by atoms with van der Waals surface area (Å²) in [5, 5.41) is 14.7. The van der Waals surface area contributed by atoms with E-state index in [9.17, 15) is 28.9 Å². The molecule has 0 bridgehead atoms. The molecule has 214 valence electrons. The van der Waals surface area contributed by atoms with Crippen LogP contribution in [0.5, 0.6) is 0 Å². The van der Waals surface area contributed by atoms with E-state index in [2.05, 4.69) is 15.2 Å². The fourth-order valence-electron chi connectivity index (χ4n) is 3.80. The minimum atomic E-state index is -5.26. The molecule has 0 aliphatic carbocycles. The third-order valence-corrected chi connectivity index (χ3v) is 6.53. The van der Waals surface area contributed by atoms with Crippen LogP contribution in [0.15, 0.2) is 21.1 Å². The molecule has 1 aromatic rings. The molecule has 0 aromatic carbocycles. The number of carbonyl (C=O) groups excluding carboxylic acids is 1. The highest BCUT2D eigenvalue weighted by Gasteiger charge is 2.47. The van der Waals surface area contributed by atoms with E-state index in [4.69, 9.17) is 29.0 Å². The van der Waals surface area contributed by atoms with Crippen LogP contribution < -0.4 is 11.2 Å². The van der Waals surface area contributed by atoms with Crippen molar-refractivity contribution < 1.29 is 42.8 Å². The number of hydroxylamine groups is 2. The number of unbranched alkanes of at least 4 members (excludes halogenated alkanes) is 1. The second-order valence-corrected chi connectivity index (χ2v) is 10.2. The van der Waals surface area contributed by atoms with Crippen LogP contribution in [-0.2, 0) is 32.8 Å². The van der Waals surface area contributed by atoms with Crippen LogP contribution in [0.3, 0.4) is 0 Å². The molecule has 1 aromatic heterocycles. The lowest BCUT2D eigenvalue weighted by Crippen LogP contribution is -2.45. The van der Waals surface area contributed by atoms with E-state index >= 15 is 0 Å². The summed E-state index contributed by atoms with van der Waals surface area (Å²) in [4.78, 5) is 61.5. The van der Waals surface area contributed by atoms with Crippen molar-refractivity contribution in [2.45, 2.75) is 77.7 Å². The number of rotatable bonds is 14. The molecule has 38 heavy (non-hydrogen) atoms. The highest BCUT2D eigenvalue weighted by Crippen LogP contribution is 2.47. The Kier molecular flexibility index (Phi) is 11.5. The number of phosphoric acid groups is 1. The van der Waals surface area contributed by atoms with Crippen LogP contribution in [0.4, 0.5) is 0 Å². The molecule has 6 atom stereocenters. The summed E-state index contributed by atoms with van der Waals surface area (Å²) >= 11 is 0. The average molecular weight is 564 g/mol. The second-order valence-electron chi connectivity index (χ2n) is 8.83. The number of aryl methyl sites for hydroxylation is 1. The predicted octanol–water partition coefficient (Wildman–Crippen LogP) is 1.41. The number of aliphatic hydroxyl groups excluding tert-OH is 1. The number of nitrogens with zero attached hydrogens (tertiary/aromatic N) is 5. The number of aromatic amines is 1. The number of nitrogens with one attached hydrogen (secondary N) is 1. The zero-order chi connectivity index (χ0) is 28.6. The van der Waals surface area contributed by atoms with Gasteiger partial charge in [-0.15, -0.1) is 0 Å². The summed E-state index contributed by atoms with van der Waals surface area (Å²) < 4.78 is 29.1. The van der Waals surface area contributed by atoms with Crippen molar-refractivity contribution >= 4 is 13.8 Å². The summed E-state index contributed by atoms with van der Waals surface area (Å²) in [5.74, 6) is -1.53. The standard InChI is InChI=1S/C20H33N6O11P/c1-6-7-8-26(33-5)15(11(2)3)18(29)36-38(31,32)37-19(35-24-23-21)16-13(27)9-14(34-16)25-10-12(4)17(28)22-20(25)30/h10-11,13-16,19,27H,6-9H2,1-5H3,(H,31,32)(H,22,28,30)/t13-,14+,15-,16-,19?/m0/s1. The van der Waals surface area contributed by atoms with E-state index in [1.807, 2.05) is 6.92 Å². The first-order valence-electron chi connectivity index (χ1n) is 11.8. The van der Waals surface area contributed by atoms with E-state index in [1.54, 1.807) is 13.8 Å². The summed E-state index contributed by atoms with van der Waals surface area (Å²) in [5.41, 5.74) is 7.38. The van der Waals surface area contributed by atoms with Gasteiger partial charge in [-0.05, 0) is 24.8 Å². The molecular weight excluding hydrogens is 531 g/mol. The Labute approximate surface area is 217 Å². The lowest BCUT2D eigenvalue weighted by atomic mass is 10.0. The number of phosphoric ester groups is 1. The summed E-state index contributed by atoms with van der Waals surface area (Å²) in [7, 11) is -3.91. The molecular formula is C20H33N6O11P. The van der Waals surface area contributed by atoms with Gasteiger partial charge in [0.1, 0.15) is 23.7 Å². The Morgan fingerprint density at radius 3 is 2.71 bits per heavy atom. The minimum Gasteiger partial charge on any atom is -0.399 e. The predicted molar refractivity (Wildman–Crippen MR) is 129 cm³/mol. The number of H-pyrrole nitrogens is 1. The molecule has 17 nitrogen and oxygen atoms in total. The van der Waals surface area contributed by atoms with Crippen LogP contribution in [0.25, 0.3) is 10.4 Å². The molecule has 0 amide bonds. The molecule has 0 saturated carbocycles. The van der Waals surface area contributed by atoms with Crippen LogP contribution in [0.1, 0.15) is 51.8 Å². The van der Waals surface area contributed by atoms with Gasteiger partial charge in [0.25, 0.3) is 5.56 Å². The molecule has 2 rings (SSSR count). The van der Waals surface area contributed by atoms with E-state index in [-0.39, 0.29) is 12.0 Å². The van der Waals surface area contributed by atoms with E-state index in [0.29, 0.717) is 13.0 Å². The number of aromatic nitrogens is 2. The van der Waals surface area contributed by atoms with Gasteiger partial charge in [0, 0.05) is 29.6 Å². The Hall–Kier alpha value is -2.75. The van der Waals surface area contributed by atoms with Gasteiger partial charge in [0.15, 0.2) is 0 Å². The van der Waals surface area contributed by atoms with Crippen molar-refractivity contribution in [3.05, 3.63) is 43.0 Å². The maximum atomic E-state index is 12.9. The minimum absolute atomic E-state index is 0.180. The van der Waals surface area contributed by atoms with Gasteiger partial charge in [-0.1, -0.05) is 27.2 Å². The smallest absolute Gasteiger partial charge is 0.399 e. The normalized spacial score (nSPS) is 22.5.